The molecule has 0 bridgehead atoms. The van der Waals surface area contributed by atoms with Gasteiger partial charge in [0, 0.05) is 19.3 Å². The molecule has 0 radical (unpaired) electrons. The molecule has 0 saturated carbocycles. The van der Waals surface area contributed by atoms with Crippen LogP contribution in [-0.4, -0.2) is 37.3 Å². The topological polar surface area (TPSA) is 86.3 Å². The molecule has 29 heavy (non-hydrogen) atoms. The summed E-state index contributed by atoms with van der Waals surface area (Å²) in [7, 11) is 1.81. The minimum absolute atomic E-state index is 0.0682. The number of piperidine rings is 1. The molecule has 1 aromatic carbocycles. The molecule has 3 heterocycles. The van der Waals surface area contributed by atoms with Gasteiger partial charge < -0.3 is 14.2 Å². The Kier molecular flexibility index (Phi) is 5.28. The number of benzene rings is 1. The molecule has 152 valence electrons. The zero-order valence-electron chi connectivity index (χ0n) is 16.3. The first-order valence-corrected chi connectivity index (χ1v) is 9.54. The third kappa shape index (κ3) is 4.13. The molecule has 0 spiro atoms. The van der Waals surface area contributed by atoms with Crippen LogP contribution >= 0.6 is 0 Å². The van der Waals surface area contributed by atoms with Crippen LogP contribution in [0.5, 0.6) is 5.75 Å². The summed E-state index contributed by atoms with van der Waals surface area (Å²) in [5.41, 5.74) is 1.34. The second-order valence-corrected chi connectivity index (χ2v) is 7.09. The van der Waals surface area contributed by atoms with Gasteiger partial charge in [-0.05, 0) is 56.5 Å². The van der Waals surface area contributed by atoms with Crippen molar-refractivity contribution in [3.05, 3.63) is 59.3 Å². The fourth-order valence-corrected chi connectivity index (χ4v) is 3.39. The highest BCUT2D eigenvalue weighted by Gasteiger charge is 2.33. The Morgan fingerprint density at radius 1 is 1.31 bits per heavy atom. The Bertz CT molecular complexity index is 978. The second kappa shape index (κ2) is 8.02. The van der Waals surface area contributed by atoms with Crippen LogP contribution in [0.2, 0.25) is 0 Å². The van der Waals surface area contributed by atoms with Crippen LogP contribution in [0.15, 0.2) is 34.9 Å². The molecular weight excluding hydrogens is 377 g/mol. The smallest absolute Gasteiger partial charge is 0.274 e. The largest absolute Gasteiger partial charge is 0.484 e. The lowest BCUT2D eigenvalue weighted by Gasteiger charge is -2.33. The van der Waals surface area contributed by atoms with Crippen LogP contribution in [0.4, 0.5) is 4.39 Å². The summed E-state index contributed by atoms with van der Waals surface area (Å²) in [6.45, 7) is 2.60. The molecule has 1 aliphatic rings. The summed E-state index contributed by atoms with van der Waals surface area (Å²) >= 11 is 0. The van der Waals surface area contributed by atoms with Gasteiger partial charge in [0.25, 0.3) is 11.8 Å². The van der Waals surface area contributed by atoms with Gasteiger partial charge in [-0.15, -0.1) is 0 Å². The molecule has 0 aliphatic carbocycles. The van der Waals surface area contributed by atoms with Crippen molar-refractivity contribution in [3.63, 3.8) is 0 Å². The lowest BCUT2D eigenvalue weighted by molar-refractivity contribution is 0.0590. The Morgan fingerprint density at radius 2 is 2.10 bits per heavy atom. The lowest BCUT2D eigenvalue weighted by Crippen LogP contribution is -2.39. The van der Waals surface area contributed by atoms with Crippen molar-refractivity contribution in [1.82, 2.24) is 24.8 Å². The maximum atomic E-state index is 13.0. The van der Waals surface area contributed by atoms with Gasteiger partial charge in [0.15, 0.2) is 18.1 Å². The summed E-state index contributed by atoms with van der Waals surface area (Å²) < 4.78 is 25.5. The van der Waals surface area contributed by atoms with Gasteiger partial charge in [-0.1, -0.05) is 5.16 Å². The van der Waals surface area contributed by atoms with Crippen molar-refractivity contribution in [2.75, 3.05) is 6.54 Å². The number of carbonyl (C=O) groups excluding carboxylic acids is 1. The maximum absolute atomic E-state index is 13.0. The molecule has 9 heteroatoms. The van der Waals surface area contributed by atoms with E-state index in [1.54, 1.807) is 15.6 Å². The minimum atomic E-state index is -0.331. The predicted octanol–water partition coefficient (Wildman–Crippen LogP) is 3.20. The average Bonchev–Trinajstić information content (AvgIpc) is 3.34. The average molecular weight is 399 g/mol. The molecule has 1 aliphatic heterocycles. The molecule has 1 amide bonds. The van der Waals surface area contributed by atoms with Gasteiger partial charge in [-0.25, -0.2) is 4.39 Å². The summed E-state index contributed by atoms with van der Waals surface area (Å²) in [6.07, 6.45) is 2.66. The van der Waals surface area contributed by atoms with Gasteiger partial charge in [0.1, 0.15) is 11.6 Å². The van der Waals surface area contributed by atoms with Gasteiger partial charge in [-0.2, -0.15) is 10.1 Å². The number of ether oxygens (including phenoxy) is 1. The van der Waals surface area contributed by atoms with E-state index in [0.717, 1.165) is 25.0 Å². The van der Waals surface area contributed by atoms with E-state index in [0.29, 0.717) is 29.7 Å². The fourth-order valence-electron chi connectivity index (χ4n) is 3.39. The Morgan fingerprint density at radius 3 is 2.83 bits per heavy atom. The number of hydrogen-bond acceptors (Lipinski definition) is 6. The van der Waals surface area contributed by atoms with E-state index >= 15 is 0 Å². The van der Waals surface area contributed by atoms with E-state index < -0.39 is 0 Å². The maximum Gasteiger partial charge on any atom is 0.274 e. The minimum Gasteiger partial charge on any atom is -0.484 e. The van der Waals surface area contributed by atoms with E-state index in [9.17, 15) is 9.18 Å². The van der Waals surface area contributed by atoms with Crippen LogP contribution in [0.25, 0.3) is 0 Å². The molecule has 1 unspecified atom stereocenters. The number of hydrogen-bond donors (Lipinski definition) is 0. The molecule has 1 saturated heterocycles. The SMILES string of the molecule is Cc1cc(C(=O)N2CCCCC2c2noc(COc3ccc(F)cc3)n2)nn1C. The first kappa shape index (κ1) is 19.1. The molecule has 1 fully saturated rings. The molecule has 0 N–H and O–H groups in total. The Hall–Kier alpha value is -3.23. The van der Waals surface area contributed by atoms with Crippen LogP contribution in [0.3, 0.4) is 0 Å². The van der Waals surface area contributed by atoms with Crippen LogP contribution in [-0.2, 0) is 13.7 Å². The number of nitrogens with zero attached hydrogens (tertiary/aromatic N) is 5. The van der Waals surface area contributed by atoms with E-state index in [2.05, 4.69) is 15.2 Å². The second-order valence-electron chi connectivity index (χ2n) is 7.09. The first-order valence-electron chi connectivity index (χ1n) is 9.54. The fraction of sp³-hybridized carbons (Fsp3) is 0.400. The third-order valence-electron chi connectivity index (χ3n) is 5.05. The Balaban J connectivity index is 1.47. The molecular formula is C20H22FN5O3. The number of likely N-dealkylation sites (tertiary alicyclic amines) is 1. The summed E-state index contributed by atoms with van der Waals surface area (Å²) in [6, 6.07) is 7.22. The van der Waals surface area contributed by atoms with Gasteiger partial charge in [0.2, 0.25) is 0 Å². The van der Waals surface area contributed by atoms with Gasteiger partial charge in [0.05, 0.1) is 6.04 Å². The Labute approximate surface area is 167 Å². The zero-order chi connectivity index (χ0) is 20.4. The number of halogens is 1. The standard InChI is InChI=1S/C20H22FN5O3/c1-13-11-16(23-25(13)2)20(27)26-10-4-3-5-17(26)19-22-18(29-24-19)12-28-15-8-6-14(21)7-9-15/h6-9,11,17H,3-5,10,12H2,1-2H3. The van der Waals surface area contributed by atoms with Crippen molar-refractivity contribution in [2.24, 2.45) is 7.05 Å². The van der Waals surface area contributed by atoms with Crippen LogP contribution in [0, 0.1) is 12.7 Å². The molecule has 3 aromatic rings. The molecule has 1 atom stereocenters. The zero-order valence-corrected chi connectivity index (χ0v) is 16.3. The predicted molar refractivity (Wildman–Crippen MR) is 101 cm³/mol. The van der Waals surface area contributed by atoms with Crippen molar-refractivity contribution >= 4 is 5.91 Å². The summed E-state index contributed by atoms with van der Waals surface area (Å²) in [4.78, 5) is 19.2. The quantitative estimate of drug-likeness (QED) is 0.655. The number of rotatable bonds is 5. The van der Waals surface area contributed by atoms with Crippen molar-refractivity contribution in [1.29, 1.82) is 0 Å². The molecule has 8 nitrogen and oxygen atoms in total. The van der Waals surface area contributed by atoms with Gasteiger partial charge >= 0.3 is 0 Å². The first-order chi connectivity index (χ1) is 14.0. The highest BCUT2D eigenvalue weighted by molar-refractivity contribution is 5.92. The normalized spacial score (nSPS) is 16.8. The monoisotopic (exact) mass is 399 g/mol. The van der Waals surface area contributed by atoms with Crippen molar-refractivity contribution in [3.8, 4) is 5.75 Å². The number of aryl methyl sites for hydroxylation is 2. The number of amides is 1. The highest BCUT2D eigenvalue weighted by Crippen LogP contribution is 2.30. The molecule has 4 rings (SSSR count). The third-order valence-corrected chi connectivity index (χ3v) is 5.05. The van der Waals surface area contributed by atoms with Crippen LogP contribution < -0.4 is 4.74 Å². The molecule has 2 aromatic heterocycles. The lowest BCUT2D eigenvalue weighted by atomic mass is 10.0. The summed E-state index contributed by atoms with van der Waals surface area (Å²) in [5, 5.41) is 8.37. The van der Waals surface area contributed by atoms with E-state index in [-0.39, 0.29) is 24.4 Å². The summed E-state index contributed by atoms with van der Waals surface area (Å²) in [5.74, 6) is 0.806. The number of carbonyl (C=O) groups is 1. The van der Waals surface area contributed by atoms with Crippen molar-refractivity contribution in [2.45, 2.75) is 38.8 Å². The van der Waals surface area contributed by atoms with Crippen LogP contribution in [0.1, 0.15) is 53.2 Å². The van der Waals surface area contributed by atoms with E-state index in [1.165, 1.54) is 24.3 Å². The number of aromatic nitrogens is 4. The van der Waals surface area contributed by atoms with E-state index in [4.69, 9.17) is 9.26 Å². The van der Waals surface area contributed by atoms with E-state index in [1.807, 2.05) is 14.0 Å². The highest BCUT2D eigenvalue weighted by atomic mass is 19.1. The van der Waals surface area contributed by atoms with Crippen molar-refractivity contribution < 1.29 is 18.4 Å². The van der Waals surface area contributed by atoms with Gasteiger partial charge in [-0.3, -0.25) is 9.48 Å².